The number of hydrogen-bond acceptors (Lipinski definition) is 1. The average Bonchev–Trinajstić information content (AvgIpc) is 2.15. The van der Waals surface area contributed by atoms with Crippen LogP contribution in [0.25, 0.3) is 0 Å². The Morgan fingerprint density at radius 1 is 1.42 bits per heavy atom. The van der Waals surface area contributed by atoms with Gasteiger partial charge in [0.2, 0.25) is 5.95 Å². The first-order valence-electron chi connectivity index (χ1n) is 3.75. The molecule has 1 heterocycles. The highest BCUT2D eigenvalue weighted by Crippen LogP contribution is 2.21. The third kappa shape index (κ3) is 1.62. The molecule has 1 aromatic rings. The Labute approximate surface area is 85.3 Å². The van der Waals surface area contributed by atoms with E-state index in [9.17, 15) is 4.39 Å². The fraction of sp³-hybridized carbons (Fsp3) is 0.625. The molecular weight excluding hydrogens is 270 g/mol. The Morgan fingerprint density at radius 3 is 2.08 bits per heavy atom. The van der Waals surface area contributed by atoms with E-state index in [1.807, 2.05) is 50.3 Å². The summed E-state index contributed by atoms with van der Waals surface area (Å²) in [5, 5.41) is 4.12. The van der Waals surface area contributed by atoms with Gasteiger partial charge in [0.05, 0.1) is 14.8 Å². The highest BCUT2D eigenvalue weighted by atomic mass is 127. The Balaban J connectivity index is 3.28. The zero-order chi connectivity index (χ0) is 9.52. The smallest absolute Gasteiger partial charge is 0.225 e. The summed E-state index contributed by atoms with van der Waals surface area (Å²) in [5.41, 5.74) is 0.473. The number of rotatable bonds is 0. The van der Waals surface area contributed by atoms with E-state index in [1.54, 1.807) is 0 Å². The lowest BCUT2D eigenvalue weighted by Crippen LogP contribution is -2.25. The molecule has 0 spiro atoms. The highest BCUT2D eigenvalue weighted by Gasteiger charge is 2.21. The molecule has 0 aliphatic heterocycles. The quantitative estimate of drug-likeness (QED) is 0.669. The van der Waals surface area contributed by atoms with Gasteiger partial charge in [-0.15, -0.1) is 0 Å². The summed E-state index contributed by atoms with van der Waals surface area (Å²) in [5.74, 6) is -0.236. The second-order valence-electron chi connectivity index (χ2n) is 3.77. The van der Waals surface area contributed by atoms with Gasteiger partial charge < -0.3 is 0 Å². The Bertz CT molecular complexity index is 299. The van der Waals surface area contributed by atoms with Gasteiger partial charge in [-0.05, 0) is 50.3 Å². The van der Waals surface area contributed by atoms with E-state index in [0.29, 0.717) is 3.57 Å². The number of hydrogen-bond donors (Lipinski definition) is 0. The lowest BCUT2D eigenvalue weighted by atomic mass is 10.1. The van der Waals surface area contributed by atoms with Crippen LogP contribution < -0.4 is 0 Å². The maximum Gasteiger partial charge on any atom is 0.225 e. The topological polar surface area (TPSA) is 17.8 Å². The molecule has 1 aromatic heterocycles. The molecule has 0 unspecified atom stereocenters. The lowest BCUT2D eigenvalue weighted by Gasteiger charge is -2.19. The highest BCUT2D eigenvalue weighted by molar-refractivity contribution is 14.1. The van der Waals surface area contributed by atoms with Gasteiger partial charge in [-0.25, -0.2) is 4.68 Å². The van der Waals surface area contributed by atoms with E-state index in [-0.39, 0.29) is 11.5 Å². The van der Waals surface area contributed by atoms with Crippen LogP contribution in [0, 0.1) is 16.4 Å². The third-order valence-electron chi connectivity index (χ3n) is 1.57. The minimum atomic E-state index is -0.279. The normalized spacial score (nSPS) is 12.2. The molecule has 2 nitrogen and oxygen atoms in total. The van der Waals surface area contributed by atoms with E-state index < -0.39 is 0 Å². The van der Waals surface area contributed by atoms with Crippen molar-refractivity contribution in [3.05, 3.63) is 15.2 Å². The van der Waals surface area contributed by atoms with Crippen LogP contribution in [-0.2, 0) is 5.54 Å². The van der Waals surface area contributed by atoms with Crippen LogP contribution in [0.15, 0.2) is 0 Å². The van der Waals surface area contributed by atoms with Crippen LogP contribution in [0.5, 0.6) is 0 Å². The van der Waals surface area contributed by atoms with Crippen LogP contribution in [-0.4, -0.2) is 9.78 Å². The fourth-order valence-corrected chi connectivity index (χ4v) is 1.26. The molecule has 0 bridgehead atoms. The molecular formula is C8H12FIN2. The zero-order valence-electron chi connectivity index (χ0n) is 7.65. The average molecular weight is 282 g/mol. The molecule has 0 amide bonds. The molecule has 0 fully saturated rings. The Hall–Kier alpha value is -0.130. The van der Waals surface area contributed by atoms with Gasteiger partial charge in [0.15, 0.2) is 0 Å². The van der Waals surface area contributed by atoms with Crippen LogP contribution in [0.1, 0.15) is 26.5 Å². The van der Waals surface area contributed by atoms with E-state index >= 15 is 0 Å². The molecule has 0 aromatic carbocycles. The second-order valence-corrected chi connectivity index (χ2v) is 4.85. The predicted molar refractivity (Wildman–Crippen MR) is 54.6 cm³/mol. The SMILES string of the molecule is Cc1nn(C(C)(C)C)c(F)c1I. The third-order valence-corrected chi connectivity index (χ3v) is 2.80. The van der Waals surface area contributed by atoms with Crippen molar-refractivity contribution in [2.75, 3.05) is 0 Å². The van der Waals surface area contributed by atoms with Crippen molar-refractivity contribution < 1.29 is 4.39 Å². The van der Waals surface area contributed by atoms with Crippen molar-refractivity contribution in [3.8, 4) is 0 Å². The summed E-state index contributed by atoms with van der Waals surface area (Å²) in [4.78, 5) is 0. The molecule has 0 atom stereocenters. The molecule has 0 saturated heterocycles. The summed E-state index contributed by atoms with van der Waals surface area (Å²) in [6.07, 6.45) is 0. The van der Waals surface area contributed by atoms with Crippen LogP contribution in [0.2, 0.25) is 0 Å². The largest absolute Gasteiger partial charge is 0.233 e. The first kappa shape index (κ1) is 9.95. The van der Waals surface area contributed by atoms with Crippen LogP contribution >= 0.6 is 22.6 Å². The van der Waals surface area contributed by atoms with Crippen molar-refractivity contribution >= 4 is 22.6 Å². The monoisotopic (exact) mass is 282 g/mol. The molecule has 1 rings (SSSR count). The minimum Gasteiger partial charge on any atom is -0.233 e. The molecule has 0 radical (unpaired) electrons. The molecule has 0 aliphatic carbocycles. The number of nitrogens with zero attached hydrogens (tertiary/aromatic N) is 2. The fourth-order valence-electron chi connectivity index (χ4n) is 0.925. The van der Waals surface area contributed by atoms with Gasteiger partial charge in [-0.1, -0.05) is 0 Å². The minimum absolute atomic E-state index is 0.236. The summed E-state index contributed by atoms with van der Waals surface area (Å²) in [7, 11) is 0. The Morgan fingerprint density at radius 2 is 1.92 bits per heavy atom. The summed E-state index contributed by atoms with van der Waals surface area (Å²) in [6, 6.07) is 0. The van der Waals surface area contributed by atoms with Crippen LogP contribution in [0.4, 0.5) is 4.39 Å². The summed E-state index contributed by atoms with van der Waals surface area (Å²) in [6.45, 7) is 7.60. The second kappa shape index (κ2) is 2.97. The summed E-state index contributed by atoms with van der Waals surface area (Å²) < 4.78 is 15.4. The number of aryl methyl sites for hydroxylation is 1. The first-order chi connectivity index (χ1) is 5.34. The van der Waals surface area contributed by atoms with E-state index in [4.69, 9.17) is 0 Å². The van der Waals surface area contributed by atoms with Crippen molar-refractivity contribution in [1.82, 2.24) is 9.78 Å². The lowest BCUT2D eigenvalue weighted by molar-refractivity contribution is 0.297. The molecule has 0 saturated carbocycles. The van der Waals surface area contributed by atoms with Crippen LogP contribution in [0.3, 0.4) is 0 Å². The molecule has 12 heavy (non-hydrogen) atoms. The van der Waals surface area contributed by atoms with Crippen molar-refractivity contribution in [2.24, 2.45) is 0 Å². The maximum atomic E-state index is 13.4. The van der Waals surface area contributed by atoms with Crippen molar-refractivity contribution in [2.45, 2.75) is 33.2 Å². The molecule has 4 heteroatoms. The summed E-state index contributed by atoms with van der Waals surface area (Å²) >= 11 is 1.97. The van der Waals surface area contributed by atoms with Gasteiger partial charge in [-0.2, -0.15) is 9.49 Å². The molecule has 0 N–H and O–H groups in total. The first-order valence-corrected chi connectivity index (χ1v) is 4.83. The standard InChI is InChI=1S/C8H12FIN2/c1-5-6(10)7(9)12(11-5)8(2,3)4/h1-4H3. The predicted octanol–water partition coefficient (Wildman–Crippen LogP) is 2.69. The van der Waals surface area contributed by atoms with Gasteiger partial charge in [0.1, 0.15) is 0 Å². The zero-order valence-corrected chi connectivity index (χ0v) is 9.81. The van der Waals surface area contributed by atoms with Gasteiger partial charge in [0, 0.05) is 0 Å². The molecule has 0 aliphatic rings. The van der Waals surface area contributed by atoms with Crippen molar-refractivity contribution in [3.63, 3.8) is 0 Å². The van der Waals surface area contributed by atoms with Crippen molar-refractivity contribution in [1.29, 1.82) is 0 Å². The maximum absolute atomic E-state index is 13.4. The van der Waals surface area contributed by atoms with E-state index in [1.165, 1.54) is 4.68 Å². The Kier molecular flexibility index (Phi) is 2.47. The van der Waals surface area contributed by atoms with E-state index in [2.05, 4.69) is 5.10 Å². The molecule has 68 valence electrons. The van der Waals surface area contributed by atoms with Gasteiger partial charge in [0.25, 0.3) is 0 Å². The number of aromatic nitrogens is 2. The van der Waals surface area contributed by atoms with Gasteiger partial charge in [-0.3, -0.25) is 0 Å². The number of halogens is 2. The van der Waals surface area contributed by atoms with E-state index in [0.717, 1.165) is 5.69 Å². The van der Waals surface area contributed by atoms with Gasteiger partial charge >= 0.3 is 0 Å².